The Balaban J connectivity index is 1.49. The zero-order valence-electron chi connectivity index (χ0n) is 16.1. The van der Waals surface area contributed by atoms with Crippen LogP contribution in [0.2, 0.25) is 0 Å². The van der Waals surface area contributed by atoms with Gasteiger partial charge in [0.15, 0.2) is 6.29 Å². The molecule has 2 aromatic rings. The lowest BCUT2D eigenvalue weighted by molar-refractivity contribution is -0.168. The minimum atomic E-state index is -0.162. The summed E-state index contributed by atoms with van der Waals surface area (Å²) in [5, 5.41) is 0. The second-order valence-corrected chi connectivity index (χ2v) is 7.87. The molecule has 0 saturated carbocycles. The van der Waals surface area contributed by atoms with Crippen LogP contribution in [0.3, 0.4) is 0 Å². The highest BCUT2D eigenvalue weighted by atomic mass is 16.7. The van der Waals surface area contributed by atoms with Crippen LogP contribution in [-0.2, 0) is 20.8 Å². The first-order valence-corrected chi connectivity index (χ1v) is 9.75. The summed E-state index contributed by atoms with van der Waals surface area (Å²) in [5.41, 5.74) is 4.32. The van der Waals surface area contributed by atoms with Gasteiger partial charge in [0.1, 0.15) is 6.61 Å². The van der Waals surface area contributed by atoms with Gasteiger partial charge < -0.3 is 14.2 Å². The number of ether oxygens (including phenoxy) is 3. The summed E-state index contributed by atoms with van der Waals surface area (Å²) < 4.78 is 17.4. The van der Waals surface area contributed by atoms with Crippen LogP contribution in [0, 0.1) is 0 Å². The summed E-state index contributed by atoms with van der Waals surface area (Å²) in [5.74, 6) is 0.734. The van der Waals surface area contributed by atoms with Crippen molar-refractivity contribution in [2.24, 2.45) is 4.99 Å². The zero-order chi connectivity index (χ0) is 18.7. The van der Waals surface area contributed by atoms with Crippen LogP contribution >= 0.6 is 0 Å². The Kier molecular flexibility index (Phi) is 5.28. The molecule has 4 rings (SSSR count). The Morgan fingerprint density at radius 2 is 1.81 bits per heavy atom. The fraction of sp³-hybridized carbons (Fsp3) is 0.435. The minimum Gasteiger partial charge on any atom is -0.475 e. The van der Waals surface area contributed by atoms with E-state index in [4.69, 9.17) is 19.2 Å². The molecule has 2 heterocycles. The molecule has 0 aromatic heterocycles. The standard InChI is InChI=1S/C23H27NO3/c1-23(2)16-27-22(24-23)20-8-4-3-7-19(20)18-12-10-17(11-13-18)15-26-21-9-5-6-14-25-21/h3-4,7-8,10-13,21H,5-6,9,14-16H2,1-2H3. The van der Waals surface area contributed by atoms with E-state index in [1.807, 2.05) is 6.07 Å². The molecule has 1 saturated heterocycles. The molecule has 4 nitrogen and oxygen atoms in total. The molecule has 2 aromatic carbocycles. The van der Waals surface area contributed by atoms with Crippen molar-refractivity contribution in [1.82, 2.24) is 0 Å². The average Bonchev–Trinajstić information content (AvgIpc) is 3.07. The Morgan fingerprint density at radius 1 is 1.04 bits per heavy atom. The minimum absolute atomic E-state index is 0.0555. The van der Waals surface area contributed by atoms with E-state index in [0.717, 1.165) is 47.6 Å². The molecular formula is C23H27NO3. The van der Waals surface area contributed by atoms with Gasteiger partial charge in [-0.05, 0) is 55.9 Å². The molecule has 1 fully saturated rings. The van der Waals surface area contributed by atoms with Gasteiger partial charge in [0.2, 0.25) is 5.90 Å². The lowest BCUT2D eigenvalue weighted by Crippen LogP contribution is -2.21. The molecule has 2 aliphatic rings. The van der Waals surface area contributed by atoms with Crippen LogP contribution in [0.5, 0.6) is 0 Å². The Morgan fingerprint density at radius 3 is 2.48 bits per heavy atom. The van der Waals surface area contributed by atoms with E-state index in [-0.39, 0.29) is 11.8 Å². The van der Waals surface area contributed by atoms with Crippen molar-refractivity contribution in [2.45, 2.75) is 51.5 Å². The van der Waals surface area contributed by atoms with E-state index < -0.39 is 0 Å². The molecular weight excluding hydrogens is 338 g/mol. The molecule has 0 radical (unpaired) electrons. The molecule has 142 valence electrons. The molecule has 0 bridgehead atoms. The average molecular weight is 365 g/mol. The maximum Gasteiger partial charge on any atom is 0.217 e. The molecule has 27 heavy (non-hydrogen) atoms. The van der Waals surface area contributed by atoms with Crippen LogP contribution in [0.25, 0.3) is 11.1 Å². The van der Waals surface area contributed by atoms with Crippen molar-refractivity contribution < 1.29 is 14.2 Å². The van der Waals surface area contributed by atoms with Crippen molar-refractivity contribution in [3.63, 3.8) is 0 Å². The predicted molar refractivity (Wildman–Crippen MR) is 107 cm³/mol. The monoisotopic (exact) mass is 365 g/mol. The fourth-order valence-electron chi connectivity index (χ4n) is 3.46. The molecule has 4 heteroatoms. The molecule has 0 aliphatic carbocycles. The van der Waals surface area contributed by atoms with Gasteiger partial charge in [-0.1, -0.05) is 42.5 Å². The summed E-state index contributed by atoms with van der Waals surface area (Å²) in [7, 11) is 0. The first-order chi connectivity index (χ1) is 13.1. The highest BCUT2D eigenvalue weighted by Gasteiger charge is 2.28. The Bertz CT molecular complexity index is 805. The zero-order valence-corrected chi connectivity index (χ0v) is 16.1. The second kappa shape index (κ2) is 7.83. The van der Waals surface area contributed by atoms with Gasteiger partial charge in [0, 0.05) is 12.2 Å². The summed E-state index contributed by atoms with van der Waals surface area (Å²) >= 11 is 0. The fourth-order valence-corrected chi connectivity index (χ4v) is 3.46. The van der Waals surface area contributed by atoms with Crippen molar-refractivity contribution in [3.05, 3.63) is 59.7 Å². The number of hydrogen-bond donors (Lipinski definition) is 0. The van der Waals surface area contributed by atoms with E-state index in [0.29, 0.717) is 13.2 Å². The third-order valence-corrected chi connectivity index (χ3v) is 4.96. The Labute approximate surface area is 161 Å². The largest absolute Gasteiger partial charge is 0.475 e. The van der Waals surface area contributed by atoms with Gasteiger partial charge in [-0.3, -0.25) is 0 Å². The summed E-state index contributed by atoms with van der Waals surface area (Å²) in [6.07, 6.45) is 3.26. The maximum absolute atomic E-state index is 5.88. The second-order valence-electron chi connectivity index (χ2n) is 7.87. The molecule has 0 spiro atoms. The van der Waals surface area contributed by atoms with Crippen LogP contribution in [0.15, 0.2) is 53.5 Å². The summed E-state index contributed by atoms with van der Waals surface area (Å²) in [4.78, 5) is 4.74. The lowest BCUT2D eigenvalue weighted by atomic mass is 9.98. The molecule has 0 N–H and O–H groups in total. The van der Waals surface area contributed by atoms with E-state index in [1.165, 1.54) is 6.42 Å². The van der Waals surface area contributed by atoms with Gasteiger partial charge >= 0.3 is 0 Å². The van der Waals surface area contributed by atoms with Gasteiger partial charge in [-0.25, -0.2) is 4.99 Å². The molecule has 1 unspecified atom stereocenters. The van der Waals surface area contributed by atoms with Crippen molar-refractivity contribution in [1.29, 1.82) is 0 Å². The van der Waals surface area contributed by atoms with Crippen LogP contribution in [0.1, 0.15) is 44.2 Å². The van der Waals surface area contributed by atoms with Crippen molar-refractivity contribution in [2.75, 3.05) is 13.2 Å². The van der Waals surface area contributed by atoms with E-state index >= 15 is 0 Å². The number of nitrogens with zero attached hydrogens (tertiary/aromatic N) is 1. The predicted octanol–water partition coefficient (Wildman–Crippen LogP) is 4.95. The van der Waals surface area contributed by atoms with Crippen LogP contribution in [0.4, 0.5) is 0 Å². The van der Waals surface area contributed by atoms with Crippen molar-refractivity contribution >= 4 is 5.90 Å². The van der Waals surface area contributed by atoms with Gasteiger partial charge in [0.25, 0.3) is 0 Å². The molecule has 0 amide bonds. The van der Waals surface area contributed by atoms with Gasteiger partial charge in [0.05, 0.1) is 12.1 Å². The normalized spacial score (nSPS) is 21.6. The number of rotatable bonds is 5. The smallest absolute Gasteiger partial charge is 0.217 e. The van der Waals surface area contributed by atoms with E-state index in [2.05, 4.69) is 56.3 Å². The molecule has 1 atom stereocenters. The third-order valence-electron chi connectivity index (χ3n) is 4.96. The van der Waals surface area contributed by atoms with E-state index in [1.54, 1.807) is 0 Å². The van der Waals surface area contributed by atoms with Crippen LogP contribution < -0.4 is 0 Å². The summed E-state index contributed by atoms with van der Waals surface area (Å²) in [6.45, 7) is 6.19. The lowest BCUT2D eigenvalue weighted by Gasteiger charge is -2.22. The van der Waals surface area contributed by atoms with Gasteiger partial charge in [-0.2, -0.15) is 0 Å². The SMILES string of the molecule is CC1(C)COC(c2ccccc2-c2ccc(COC3CCCCO3)cc2)=N1. The number of benzene rings is 2. The van der Waals surface area contributed by atoms with Crippen LogP contribution in [-0.4, -0.2) is 30.9 Å². The molecule has 2 aliphatic heterocycles. The third kappa shape index (κ3) is 4.40. The first-order valence-electron chi connectivity index (χ1n) is 9.75. The quantitative estimate of drug-likeness (QED) is 0.752. The van der Waals surface area contributed by atoms with E-state index in [9.17, 15) is 0 Å². The first kappa shape index (κ1) is 18.2. The number of aliphatic imine (C=N–C) groups is 1. The maximum atomic E-state index is 5.88. The topological polar surface area (TPSA) is 40.0 Å². The number of hydrogen-bond acceptors (Lipinski definition) is 4. The Hall–Kier alpha value is -2.17. The highest BCUT2D eigenvalue weighted by Crippen LogP contribution is 2.29. The summed E-state index contributed by atoms with van der Waals surface area (Å²) in [6, 6.07) is 16.8. The van der Waals surface area contributed by atoms with Gasteiger partial charge in [-0.15, -0.1) is 0 Å². The van der Waals surface area contributed by atoms with Crippen molar-refractivity contribution in [3.8, 4) is 11.1 Å². The highest BCUT2D eigenvalue weighted by molar-refractivity contribution is 6.01.